The summed E-state index contributed by atoms with van der Waals surface area (Å²) in [5.74, 6) is 0.321. The molecule has 0 saturated heterocycles. The number of hydrogen-bond donors (Lipinski definition) is 2. The molecule has 3 nitrogen and oxygen atoms in total. The lowest BCUT2D eigenvalue weighted by molar-refractivity contribution is 0.249. The largest absolute Gasteiger partial charge is 0.394 e. The molecule has 80 valence electrons. The Kier molecular flexibility index (Phi) is 4.14. The van der Waals surface area contributed by atoms with E-state index in [1.165, 1.54) is 0 Å². The van der Waals surface area contributed by atoms with E-state index in [-0.39, 0.29) is 12.6 Å². The van der Waals surface area contributed by atoms with Crippen molar-refractivity contribution in [2.45, 2.75) is 19.9 Å². The molecule has 1 atom stereocenters. The second kappa shape index (κ2) is 5.38. The first-order valence-corrected chi connectivity index (χ1v) is 5.05. The van der Waals surface area contributed by atoms with Crippen LogP contribution in [0.2, 0.25) is 0 Å². The van der Waals surface area contributed by atoms with Gasteiger partial charge in [-0.15, -0.1) is 0 Å². The number of nitriles is 1. The zero-order valence-corrected chi connectivity index (χ0v) is 9.07. The maximum atomic E-state index is 9.18. The normalized spacial score (nSPS) is 12.2. The Bertz CT molecular complexity index is 355. The van der Waals surface area contributed by atoms with Gasteiger partial charge in [0, 0.05) is 0 Å². The number of rotatable bonds is 4. The molecule has 1 rings (SSSR count). The van der Waals surface area contributed by atoms with Gasteiger partial charge >= 0.3 is 0 Å². The van der Waals surface area contributed by atoms with Gasteiger partial charge in [-0.25, -0.2) is 0 Å². The quantitative estimate of drug-likeness (QED) is 0.788. The van der Waals surface area contributed by atoms with Gasteiger partial charge in [-0.05, 0) is 18.1 Å². The van der Waals surface area contributed by atoms with Crippen molar-refractivity contribution in [3.05, 3.63) is 29.8 Å². The molecule has 0 aliphatic carbocycles. The average molecular weight is 204 g/mol. The summed E-state index contributed by atoms with van der Waals surface area (Å²) in [4.78, 5) is 0. The molecular formula is C12H16N2O. The van der Waals surface area contributed by atoms with Gasteiger partial charge in [0.25, 0.3) is 0 Å². The maximum absolute atomic E-state index is 9.18. The molecule has 0 bridgehead atoms. The standard InChI is InChI=1S/C12H16N2O/c1-9(2)12(8-15)14-11-6-4-3-5-10(11)7-13/h3-6,9,12,14-15H,8H2,1-2H3/t12-/m1/s1. The number of anilines is 1. The van der Waals surface area contributed by atoms with Crippen LogP contribution in [0, 0.1) is 17.2 Å². The van der Waals surface area contributed by atoms with E-state index in [1.54, 1.807) is 6.07 Å². The molecule has 2 N–H and O–H groups in total. The first-order chi connectivity index (χ1) is 7.19. The molecule has 15 heavy (non-hydrogen) atoms. The monoisotopic (exact) mass is 204 g/mol. The van der Waals surface area contributed by atoms with E-state index in [1.807, 2.05) is 32.0 Å². The smallest absolute Gasteiger partial charge is 0.101 e. The van der Waals surface area contributed by atoms with Crippen LogP contribution in [0.1, 0.15) is 19.4 Å². The summed E-state index contributed by atoms with van der Waals surface area (Å²) >= 11 is 0. The fourth-order valence-corrected chi connectivity index (χ4v) is 1.33. The van der Waals surface area contributed by atoms with Crippen LogP contribution in [0.3, 0.4) is 0 Å². The molecule has 1 aromatic rings. The molecule has 0 fully saturated rings. The predicted molar refractivity (Wildman–Crippen MR) is 60.5 cm³/mol. The van der Waals surface area contributed by atoms with E-state index in [9.17, 15) is 5.11 Å². The number of aliphatic hydroxyl groups is 1. The van der Waals surface area contributed by atoms with Crippen LogP contribution in [0.5, 0.6) is 0 Å². The van der Waals surface area contributed by atoms with Crippen LogP contribution in [0.15, 0.2) is 24.3 Å². The third-order valence-corrected chi connectivity index (χ3v) is 2.39. The van der Waals surface area contributed by atoms with E-state index >= 15 is 0 Å². The fourth-order valence-electron chi connectivity index (χ4n) is 1.33. The number of aliphatic hydroxyl groups excluding tert-OH is 1. The fraction of sp³-hybridized carbons (Fsp3) is 0.417. The van der Waals surface area contributed by atoms with Gasteiger partial charge in [0.1, 0.15) is 6.07 Å². The van der Waals surface area contributed by atoms with Gasteiger partial charge < -0.3 is 10.4 Å². The topological polar surface area (TPSA) is 56.0 Å². The molecule has 3 heteroatoms. The minimum Gasteiger partial charge on any atom is -0.394 e. The summed E-state index contributed by atoms with van der Waals surface area (Å²) in [5, 5.41) is 21.2. The van der Waals surface area contributed by atoms with E-state index < -0.39 is 0 Å². The highest BCUT2D eigenvalue weighted by atomic mass is 16.3. The van der Waals surface area contributed by atoms with E-state index in [0.717, 1.165) is 5.69 Å². The third kappa shape index (κ3) is 2.97. The Morgan fingerprint density at radius 2 is 2.07 bits per heavy atom. The zero-order chi connectivity index (χ0) is 11.3. The highest BCUT2D eigenvalue weighted by Crippen LogP contribution is 2.17. The van der Waals surface area contributed by atoms with Crippen molar-refractivity contribution in [1.82, 2.24) is 0 Å². The first-order valence-electron chi connectivity index (χ1n) is 5.05. The van der Waals surface area contributed by atoms with Gasteiger partial charge in [0.2, 0.25) is 0 Å². The molecule has 0 saturated carbocycles. The van der Waals surface area contributed by atoms with E-state index in [2.05, 4.69) is 11.4 Å². The Morgan fingerprint density at radius 3 is 2.60 bits per heavy atom. The summed E-state index contributed by atoms with van der Waals surface area (Å²) in [6.07, 6.45) is 0. The zero-order valence-electron chi connectivity index (χ0n) is 9.07. The minimum absolute atomic E-state index is 0.0144. The number of benzene rings is 1. The van der Waals surface area contributed by atoms with Crippen molar-refractivity contribution in [3.8, 4) is 6.07 Å². The van der Waals surface area contributed by atoms with Gasteiger partial charge in [-0.3, -0.25) is 0 Å². The van der Waals surface area contributed by atoms with Crippen molar-refractivity contribution < 1.29 is 5.11 Å². The average Bonchev–Trinajstić information content (AvgIpc) is 2.25. The lowest BCUT2D eigenvalue weighted by Gasteiger charge is -2.21. The van der Waals surface area contributed by atoms with Gasteiger partial charge in [-0.1, -0.05) is 26.0 Å². The molecule has 0 amide bonds. The molecule has 0 radical (unpaired) electrons. The van der Waals surface area contributed by atoms with Crippen LogP contribution < -0.4 is 5.32 Å². The van der Waals surface area contributed by atoms with Gasteiger partial charge in [-0.2, -0.15) is 5.26 Å². The Balaban J connectivity index is 2.84. The van der Waals surface area contributed by atoms with Crippen LogP contribution in [0.25, 0.3) is 0 Å². The highest BCUT2D eigenvalue weighted by molar-refractivity contribution is 5.57. The Labute approximate surface area is 90.4 Å². The summed E-state index contributed by atoms with van der Waals surface area (Å²) in [6, 6.07) is 9.42. The second-order valence-corrected chi connectivity index (χ2v) is 3.83. The van der Waals surface area contributed by atoms with Crippen molar-refractivity contribution in [3.63, 3.8) is 0 Å². The van der Waals surface area contributed by atoms with Crippen molar-refractivity contribution in [1.29, 1.82) is 5.26 Å². The van der Waals surface area contributed by atoms with Crippen LogP contribution in [-0.4, -0.2) is 17.8 Å². The number of nitrogens with zero attached hydrogens (tertiary/aromatic N) is 1. The summed E-state index contributed by atoms with van der Waals surface area (Å²) < 4.78 is 0. The molecule has 0 aliphatic rings. The Hall–Kier alpha value is -1.53. The molecule has 0 spiro atoms. The van der Waals surface area contributed by atoms with Gasteiger partial charge in [0.05, 0.1) is 23.9 Å². The van der Waals surface area contributed by atoms with Crippen LogP contribution in [-0.2, 0) is 0 Å². The summed E-state index contributed by atoms with van der Waals surface area (Å²) in [6.45, 7) is 4.13. The minimum atomic E-state index is -0.0144. The van der Waals surface area contributed by atoms with E-state index in [0.29, 0.717) is 11.5 Å². The Morgan fingerprint density at radius 1 is 1.40 bits per heavy atom. The summed E-state index contributed by atoms with van der Waals surface area (Å²) in [5.41, 5.74) is 1.39. The number of hydrogen-bond acceptors (Lipinski definition) is 3. The van der Waals surface area contributed by atoms with Crippen molar-refractivity contribution in [2.24, 2.45) is 5.92 Å². The van der Waals surface area contributed by atoms with Crippen LogP contribution >= 0.6 is 0 Å². The van der Waals surface area contributed by atoms with Gasteiger partial charge in [0.15, 0.2) is 0 Å². The first kappa shape index (κ1) is 11.5. The lowest BCUT2D eigenvalue weighted by Crippen LogP contribution is -2.29. The third-order valence-electron chi connectivity index (χ3n) is 2.39. The van der Waals surface area contributed by atoms with Crippen molar-refractivity contribution in [2.75, 3.05) is 11.9 Å². The van der Waals surface area contributed by atoms with Crippen LogP contribution in [0.4, 0.5) is 5.69 Å². The molecule has 0 heterocycles. The second-order valence-electron chi connectivity index (χ2n) is 3.83. The number of nitrogens with one attached hydrogen (secondary N) is 1. The molecule has 0 aromatic heterocycles. The molecule has 1 aromatic carbocycles. The number of para-hydroxylation sites is 1. The maximum Gasteiger partial charge on any atom is 0.101 e. The molecule has 0 aliphatic heterocycles. The van der Waals surface area contributed by atoms with Crippen molar-refractivity contribution >= 4 is 5.69 Å². The lowest BCUT2D eigenvalue weighted by atomic mass is 10.0. The highest BCUT2D eigenvalue weighted by Gasteiger charge is 2.12. The van der Waals surface area contributed by atoms with E-state index in [4.69, 9.17) is 5.26 Å². The summed E-state index contributed by atoms with van der Waals surface area (Å²) in [7, 11) is 0. The molecule has 0 unspecified atom stereocenters. The molecular weight excluding hydrogens is 188 g/mol. The predicted octanol–water partition coefficient (Wildman–Crippen LogP) is 1.99. The SMILES string of the molecule is CC(C)[C@@H](CO)Nc1ccccc1C#N.